The van der Waals surface area contributed by atoms with Crippen LogP contribution < -0.4 is 5.32 Å². The molecule has 7 nitrogen and oxygen atoms in total. The van der Waals surface area contributed by atoms with Gasteiger partial charge in [0.05, 0.1) is 12.5 Å². The van der Waals surface area contributed by atoms with Crippen LogP contribution in [-0.4, -0.2) is 57.4 Å². The van der Waals surface area contributed by atoms with Gasteiger partial charge in [0, 0.05) is 31.3 Å². The van der Waals surface area contributed by atoms with Crippen molar-refractivity contribution in [3.8, 4) is 0 Å². The van der Waals surface area contributed by atoms with Gasteiger partial charge in [-0.1, -0.05) is 29.8 Å². The van der Waals surface area contributed by atoms with E-state index in [0.29, 0.717) is 48.2 Å². The number of amidine groups is 1. The van der Waals surface area contributed by atoms with Crippen LogP contribution in [0.2, 0.25) is 0 Å². The van der Waals surface area contributed by atoms with Crippen LogP contribution in [0.5, 0.6) is 0 Å². The van der Waals surface area contributed by atoms with Gasteiger partial charge in [0.15, 0.2) is 0 Å². The predicted molar refractivity (Wildman–Crippen MR) is 112 cm³/mol. The molecule has 1 atom stereocenters. The van der Waals surface area contributed by atoms with Crippen molar-refractivity contribution < 1.29 is 17.9 Å². The average Bonchev–Trinajstić information content (AvgIpc) is 3.30. The van der Waals surface area contributed by atoms with Gasteiger partial charge in [-0.2, -0.15) is 8.42 Å². The van der Waals surface area contributed by atoms with Crippen LogP contribution in [0.25, 0.3) is 4.91 Å². The largest absolute Gasteiger partial charge is 0.381 e. The van der Waals surface area contributed by atoms with Crippen molar-refractivity contribution in [2.24, 2.45) is 10.3 Å². The van der Waals surface area contributed by atoms with Crippen LogP contribution in [-0.2, 0) is 19.6 Å². The summed E-state index contributed by atoms with van der Waals surface area (Å²) in [5.74, 6) is 0.564. The number of piperidine rings is 1. The highest BCUT2D eigenvalue weighted by Crippen LogP contribution is 2.34. The van der Waals surface area contributed by atoms with Gasteiger partial charge in [0.2, 0.25) is 5.91 Å². The first-order chi connectivity index (χ1) is 13.8. The van der Waals surface area contributed by atoms with Crippen LogP contribution in [0.15, 0.2) is 34.2 Å². The first-order valence-electron chi connectivity index (χ1n) is 10.1. The molecule has 3 aliphatic heterocycles. The minimum absolute atomic E-state index is 0.0420. The van der Waals surface area contributed by atoms with Gasteiger partial charge in [-0.05, 0) is 38.7 Å². The highest BCUT2D eigenvalue weighted by molar-refractivity contribution is 8.00. The fraction of sp³-hybridized carbons (Fsp3) is 0.524. The van der Waals surface area contributed by atoms with E-state index in [1.165, 1.54) is 0 Å². The molecule has 1 unspecified atom stereocenters. The minimum atomic E-state index is -3.70. The van der Waals surface area contributed by atoms with Gasteiger partial charge in [0.25, 0.3) is 10.0 Å². The Morgan fingerprint density at radius 1 is 1.14 bits per heavy atom. The third-order valence-corrected chi connectivity index (χ3v) is 7.37. The molecule has 29 heavy (non-hydrogen) atoms. The first kappa shape index (κ1) is 20.1. The van der Waals surface area contributed by atoms with E-state index in [1.807, 2.05) is 43.0 Å². The van der Waals surface area contributed by atoms with E-state index in [2.05, 4.69) is 9.71 Å². The third kappa shape index (κ3) is 4.09. The summed E-state index contributed by atoms with van der Waals surface area (Å²) >= 11 is 0. The molecule has 4 rings (SSSR count). The lowest BCUT2D eigenvalue weighted by Crippen LogP contribution is -2.48. The molecule has 3 heterocycles. The second kappa shape index (κ2) is 7.91. The van der Waals surface area contributed by atoms with Crippen molar-refractivity contribution in [3.63, 3.8) is 0 Å². The maximum Gasteiger partial charge on any atom is 0.285 e. The van der Waals surface area contributed by atoms with E-state index in [1.54, 1.807) is 0 Å². The predicted octanol–water partition coefficient (Wildman–Crippen LogP) is 2.09. The Hall–Kier alpha value is -2.19. The number of ether oxygens (including phenoxy) is 1. The summed E-state index contributed by atoms with van der Waals surface area (Å²) in [6.07, 6.45) is 2.32. The summed E-state index contributed by atoms with van der Waals surface area (Å²) in [5, 5.41) is 3.12. The number of likely N-dealkylation sites (tertiary alicyclic amines) is 1. The van der Waals surface area contributed by atoms with Crippen LogP contribution in [0.3, 0.4) is 0 Å². The SMILES string of the molecule is CC1=C(c2ccc(C)cc2)S(=O)(=O)N=C1N1CCC(NC(=O)C2CCOC2)CC1. The van der Waals surface area contributed by atoms with Crippen molar-refractivity contribution in [3.05, 3.63) is 41.0 Å². The summed E-state index contributed by atoms with van der Waals surface area (Å²) in [6.45, 7) is 6.29. The molecular weight excluding hydrogens is 390 g/mol. The number of hydrogen-bond donors (Lipinski definition) is 1. The Balaban J connectivity index is 1.44. The quantitative estimate of drug-likeness (QED) is 0.814. The highest BCUT2D eigenvalue weighted by Gasteiger charge is 2.35. The molecule has 1 aromatic carbocycles. The Morgan fingerprint density at radius 3 is 2.45 bits per heavy atom. The second-order valence-corrected chi connectivity index (χ2v) is 9.58. The zero-order valence-corrected chi connectivity index (χ0v) is 17.7. The summed E-state index contributed by atoms with van der Waals surface area (Å²) in [7, 11) is -3.70. The van der Waals surface area contributed by atoms with Gasteiger partial charge in [-0.3, -0.25) is 4.79 Å². The number of rotatable bonds is 3. The van der Waals surface area contributed by atoms with Crippen LogP contribution in [0.1, 0.15) is 37.3 Å². The maximum absolute atomic E-state index is 12.7. The molecule has 3 aliphatic rings. The van der Waals surface area contributed by atoms with E-state index < -0.39 is 10.0 Å². The molecule has 1 N–H and O–H groups in total. The molecule has 2 saturated heterocycles. The number of sulfonamides is 1. The van der Waals surface area contributed by atoms with Gasteiger partial charge in [-0.15, -0.1) is 4.40 Å². The monoisotopic (exact) mass is 417 g/mol. The molecule has 0 spiro atoms. The van der Waals surface area contributed by atoms with E-state index in [4.69, 9.17) is 4.74 Å². The highest BCUT2D eigenvalue weighted by atomic mass is 32.2. The van der Waals surface area contributed by atoms with E-state index >= 15 is 0 Å². The number of carbonyl (C=O) groups excluding carboxylic acids is 1. The number of amides is 1. The van der Waals surface area contributed by atoms with Crippen molar-refractivity contribution in [2.75, 3.05) is 26.3 Å². The summed E-state index contributed by atoms with van der Waals surface area (Å²) < 4.78 is 34.8. The smallest absolute Gasteiger partial charge is 0.285 e. The fourth-order valence-corrected chi connectivity index (χ4v) is 5.67. The molecule has 1 aromatic rings. The normalized spacial score (nSPS) is 24.7. The van der Waals surface area contributed by atoms with Gasteiger partial charge in [-0.25, -0.2) is 0 Å². The molecular formula is C21H27N3O4S. The molecule has 0 radical (unpaired) electrons. The third-order valence-electron chi connectivity index (χ3n) is 5.90. The molecule has 0 aliphatic carbocycles. The summed E-state index contributed by atoms with van der Waals surface area (Å²) in [4.78, 5) is 14.6. The van der Waals surface area contributed by atoms with E-state index in [9.17, 15) is 13.2 Å². The van der Waals surface area contributed by atoms with Crippen LogP contribution >= 0.6 is 0 Å². The molecule has 0 saturated carbocycles. The first-order valence-corrected chi connectivity index (χ1v) is 11.6. The van der Waals surface area contributed by atoms with Crippen LogP contribution in [0.4, 0.5) is 0 Å². The molecule has 0 aromatic heterocycles. The van der Waals surface area contributed by atoms with Crippen LogP contribution in [0, 0.1) is 12.8 Å². The van der Waals surface area contributed by atoms with E-state index in [0.717, 1.165) is 24.8 Å². The molecule has 0 bridgehead atoms. The van der Waals surface area contributed by atoms with Gasteiger partial charge >= 0.3 is 0 Å². The minimum Gasteiger partial charge on any atom is -0.381 e. The molecule has 1 amide bonds. The fourth-order valence-electron chi connectivity index (χ4n) is 4.18. The lowest BCUT2D eigenvalue weighted by atomic mass is 10.0. The number of nitrogens with zero attached hydrogens (tertiary/aromatic N) is 2. The number of nitrogens with one attached hydrogen (secondary N) is 1. The van der Waals surface area contributed by atoms with Crippen molar-refractivity contribution in [1.82, 2.24) is 10.2 Å². The number of benzene rings is 1. The number of carbonyl (C=O) groups is 1. The Bertz CT molecular complexity index is 952. The number of hydrogen-bond acceptors (Lipinski definition) is 5. The Kier molecular flexibility index (Phi) is 5.48. The summed E-state index contributed by atoms with van der Waals surface area (Å²) in [6, 6.07) is 7.59. The lowest BCUT2D eigenvalue weighted by molar-refractivity contribution is -0.125. The maximum atomic E-state index is 12.7. The molecule has 156 valence electrons. The lowest BCUT2D eigenvalue weighted by Gasteiger charge is -2.34. The molecule has 8 heteroatoms. The standard InChI is InChI=1S/C21H27N3O4S/c1-14-3-5-16(6-4-14)19-15(2)20(23-29(19,26)27)24-10-7-18(8-11-24)22-21(25)17-9-12-28-13-17/h3-6,17-18H,7-13H2,1-2H3,(H,22,25). The molecule has 2 fully saturated rings. The average molecular weight is 418 g/mol. The topological polar surface area (TPSA) is 88.1 Å². The van der Waals surface area contributed by atoms with Crippen molar-refractivity contribution >= 4 is 26.7 Å². The van der Waals surface area contributed by atoms with E-state index in [-0.39, 0.29) is 17.9 Å². The van der Waals surface area contributed by atoms with Crippen molar-refractivity contribution in [1.29, 1.82) is 0 Å². The summed E-state index contributed by atoms with van der Waals surface area (Å²) in [5.41, 5.74) is 2.45. The number of aryl methyl sites for hydroxylation is 1. The Labute approximate surface area is 171 Å². The van der Waals surface area contributed by atoms with Gasteiger partial charge in [0.1, 0.15) is 10.7 Å². The zero-order chi connectivity index (χ0) is 20.6. The Morgan fingerprint density at radius 2 is 1.83 bits per heavy atom. The second-order valence-electron chi connectivity index (χ2n) is 8.04. The van der Waals surface area contributed by atoms with Gasteiger partial charge < -0.3 is 15.0 Å². The zero-order valence-electron chi connectivity index (χ0n) is 16.8. The van der Waals surface area contributed by atoms with Crippen molar-refractivity contribution in [2.45, 2.75) is 39.2 Å².